The number of carbonyl (C=O) groups is 4. The van der Waals surface area contributed by atoms with Crippen molar-refractivity contribution in [2.75, 3.05) is 36.8 Å². The normalized spacial score (nSPS) is 21.6. The quantitative estimate of drug-likeness (QED) is 0.205. The van der Waals surface area contributed by atoms with Gasteiger partial charge in [0.15, 0.2) is 5.65 Å². The minimum atomic E-state index is -0.964. The number of carbonyl (C=O) groups excluding carboxylic acids is 4. The molecule has 2 aromatic heterocycles. The van der Waals surface area contributed by atoms with Crippen molar-refractivity contribution in [1.82, 2.24) is 34.9 Å². The van der Waals surface area contributed by atoms with Crippen LogP contribution in [0.3, 0.4) is 0 Å². The first-order valence-electron chi connectivity index (χ1n) is 19.9. The number of nitrogen functional groups attached to an aromatic ring is 1. The number of imide groups is 2. The number of hydrogen-bond donors (Lipinski definition) is 2. The van der Waals surface area contributed by atoms with Crippen molar-refractivity contribution >= 4 is 46.2 Å². The SMILES string of the molecule is Nc1ncnc2c1c(-c1ccc(Oc3ccccc3)cc1)nn2C1CCN(C2CC3(CCN(c4ccc5c(c4)C(=O)N(C4CCC(=O)NC4=O)C5=O)CC3)C2)CC1. The summed E-state index contributed by atoms with van der Waals surface area (Å²) in [6, 6.07) is 22.8. The van der Waals surface area contributed by atoms with Crippen LogP contribution in [0.5, 0.6) is 11.5 Å². The molecule has 1 atom stereocenters. The number of fused-ring (bicyclic) bond motifs is 2. The van der Waals surface area contributed by atoms with Crippen molar-refractivity contribution in [2.45, 2.75) is 69.5 Å². The van der Waals surface area contributed by atoms with Crippen LogP contribution in [0.1, 0.15) is 78.1 Å². The first-order valence-corrected chi connectivity index (χ1v) is 19.9. The Morgan fingerprint density at radius 1 is 0.772 bits per heavy atom. The third-order valence-electron chi connectivity index (χ3n) is 12.9. The summed E-state index contributed by atoms with van der Waals surface area (Å²) in [7, 11) is 0. The molecule has 4 aliphatic heterocycles. The molecule has 1 unspecified atom stereocenters. The summed E-state index contributed by atoms with van der Waals surface area (Å²) >= 11 is 0. The summed E-state index contributed by atoms with van der Waals surface area (Å²) in [5.74, 6) is 0.0165. The van der Waals surface area contributed by atoms with E-state index in [0.717, 1.165) is 96.2 Å². The van der Waals surface area contributed by atoms with Gasteiger partial charge in [-0.05, 0) is 105 Å². The molecule has 3 N–H and O–H groups in total. The number of para-hydroxylation sites is 1. The number of piperidine rings is 3. The molecule has 14 heteroatoms. The van der Waals surface area contributed by atoms with Crippen molar-refractivity contribution in [3.63, 3.8) is 0 Å². The molecule has 6 heterocycles. The Morgan fingerprint density at radius 2 is 1.49 bits per heavy atom. The van der Waals surface area contributed by atoms with Gasteiger partial charge in [0.05, 0.1) is 22.6 Å². The van der Waals surface area contributed by atoms with Crippen molar-refractivity contribution in [2.24, 2.45) is 5.41 Å². The van der Waals surface area contributed by atoms with Gasteiger partial charge in [0, 0.05) is 49.9 Å². The van der Waals surface area contributed by atoms with Crippen molar-refractivity contribution in [1.29, 1.82) is 0 Å². The molecule has 1 aliphatic carbocycles. The Balaban J connectivity index is 0.754. The number of ether oxygens (including phenoxy) is 1. The van der Waals surface area contributed by atoms with Crippen molar-refractivity contribution < 1.29 is 23.9 Å². The lowest BCUT2D eigenvalue weighted by Gasteiger charge is -2.56. The largest absolute Gasteiger partial charge is 0.457 e. The maximum absolute atomic E-state index is 13.4. The average Bonchev–Trinajstić information content (AvgIpc) is 3.73. The molecule has 0 bridgehead atoms. The Kier molecular flexibility index (Phi) is 8.54. The molecule has 4 amide bonds. The summed E-state index contributed by atoms with van der Waals surface area (Å²) in [5.41, 5.74) is 10.8. The van der Waals surface area contributed by atoms with E-state index in [-0.39, 0.29) is 24.8 Å². The smallest absolute Gasteiger partial charge is 0.262 e. The lowest BCUT2D eigenvalue weighted by Crippen LogP contribution is -2.56. The maximum Gasteiger partial charge on any atom is 0.262 e. The van der Waals surface area contributed by atoms with Gasteiger partial charge in [-0.1, -0.05) is 18.2 Å². The molecule has 290 valence electrons. The van der Waals surface area contributed by atoms with E-state index in [1.54, 1.807) is 12.1 Å². The van der Waals surface area contributed by atoms with Gasteiger partial charge in [-0.3, -0.25) is 29.4 Å². The molecule has 5 aromatic rings. The summed E-state index contributed by atoms with van der Waals surface area (Å²) < 4.78 is 8.08. The fourth-order valence-electron chi connectivity index (χ4n) is 9.75. The fourth-order valence-corrected chi connectivity index (χ4v) is 9.75. The Bertz CT molecular complexity index is 2410. The van der Waals surface area contributed by atoms with Crippen LogP contribution in [0.15, 0.2) is 79.1 Å². The molecule has 57 heavy (non-hydrogen) atoms. The highest BCUT2D eigenvalue weighted by atomic mass is 16.5. The van der Waals surface area contributed by atoms with Crippen molar-refractivity contribution in [3.8, 4) is 22.8 Å². The van der Waals surface area contributed by atoms with E-state index >= 15 is 0 Å². The molecule has 3 aromatic carbocycles. The standard InChI is InChI=1S/C43H43N9O5/c44-38-36-37(26-6-9-31(10-7-26)57-30-4-2-1-3-5-30)48-52(39(36)46-25-45-38)27-14-18-49(19-15-27)29-23-43(24-29)16-20-50(21-17-43)28-8-11-32-33(22-28)42(56)51(41(32)55)34-12-13-35(53)47-40(34)54/h1-11,22,25,27,29,34H,12-21,23-24H2,(H2,44,45,46)(H,47,53,54). The zero-order valence-electron chi connectivity index (χ0n) is 31.5. The van der Waals surface area contributed by atoms with Gasteiger partial charge in [0.2, 0.25) is 11.8 Å². The van der Waals surface area contributed by atoms with Crippen LogP contribution in [-0.2, 0) is 9.59 Å². The van der Waals surface area contributed by atoms with E-state index < -0.39 is 23.8 Å². The second kappa shape index (κ2) is 13.8. The molecule has 5 aliphatic rings. The third kappa shape index (κ3) is 6.18. The van der Waals surface area contributed by atoms with Gasteiger partial charge in [0.1, 0.15) is 35.4 Å². The number of rotatable bonds is 7. The van der Waals surface area contributed by atoms with Gasteiger partial charge in [0.25, 0.3) is 11.8 Å². The molecule has 1 spiro atoms. The monoisotopic (exact) mass is 765 g/mol. The van der Waals surface area contributed by atoms with Crippen LogP contribution >= 0.6 is 0 Å². The fraction of sp³-hybridized carbons (Fsp3) is 0.372. The first kappa shape index (κ1) is 35.3. The number of hydrogen-bond acceptors (Lipinski definition) is 11. The molecular formula is C43H43N9O5. The molecule has 1 saturated carbocycles. The number of benzene rings is 3. The van der Waals surface area contributed by atoms with Crippen LogP contribution in [0.2, 0.25) is 0 Å². The first-order chi connectivity index (χ1) is 27.7. The van der Waals surface area contributed by atoms with Crippen LogP contribution in [-0.4, -0.2) is 91.4 Å². The Labute approximate surface area is 329 Å². The Morgan fingerprint density at radius 3 is 2.23 bits per heavy atom. The van der Waals surface area contributed by atoms with E-state index in [9.17, 15) is 19.2 Å². The number of likely N-dealkylation sites (tertiary alicyclic amines) is 1. The molecule has 3 saturated heterocycles. The highest BCUT2D eigenvalue weighted by Crippen LogP contribution is 2.52. The number of amides is 4. The van der Waals surface area contributed by atoms with Crippen LogP contribution in [0.25, 0.3) is 22.3 Å². The second-order valence-corrected chi connectivity index (χ2v) is 16.2. The lowest BCUT2D eigenvalue weighted by molar-refractivity contribution is -0.136. The lowest BCUT2D eigenvalue weighted by atomic mass is 9.59. The molecular weight excluding hydrogens is 723 g/mol. The minimum Gasteiger partial charge on any atom is -0.457 e. The average molecular weight is 766 g/mol. The van der Waals surface area contributed by atoms with Crippen LogP contribution in [0.4, 0.5) is 11.5 Å². The molecule has 10 rings (SSSR count). The van der Waals surface area contributed by atoms with Gasteiger partial charge in [-0.2, -0.15) is 5.10 Å². The molecule has 14 nitrogen and oxygen atoms in total. The van der Waals surface area contributed by atoms with Crippen molar-refractivity contribution in [3.05, 3.63) is 90.3 Å². The second-order valence-electron chi connectivity index (χ2n) is 16.2. The third-order valence-corrected chi connectivity index (χ3v) is 12.9. The number of nitrogens with zero attached hydrogens (tertiary/aromatic N) is 7. The van der Waals surface area contributed by atoms with E-state index in [1.807, 2.05) is 60.7 Å². The summed E-state index contributed by atoms with van der Waals surface area (Å²) in [6.45, 7) is 3.76. The van der Waals surface area contributed by atoms with E-state index in [1.165, 1.54) is 19.2 Å². The zero-order chi connectivity index (χ0) is 38.8. The summed E-state index contributed by atoms with van der Waals surface area (Å²) in [5, 5.41) is 8.16. The summed E-state index contributed by atoms with van der Waals surface area (Å²) in [6.07, 6.45) is 8.24. The van der Waals surface area contributed by atoms with Gasteiger partial charge >= 0.3 is 0 Å². The minimum absolute atomic E-state index is 0.0996. The predicted octanol–water partition coefficient (Wildman–Crippen LogP) is 5.36. The van der Waals surface area contributed by atoms with Gasteiger partial charge in [-0.15, -0.1) is 0 Å². The molecule has 4 fully saturated rings. The predicted molar refractivity (Wildman–Crippen MR) is 212 cm³/mol. The van der Waals surface area contributed by atoms with E-state index in [0.29, 0.717) is 28.4 Å². The summed E-state index contributed by atoms with van der Waals surface area (Å²) in [4.78, 5) is 65.7. The van der Waals surface area contributed by atoms with E-state index in [4.69, 9.17) is 15.6 Å². The number of nitrogens with two attached hydrogens (primary N) is 1. The zero-order valence-corrected chi connectivity index (χ0v) is 31.5. The topological polar surface area (TPSA) is 169 Å². The highest BCUT2D eigenvalue weighted by Gasteiger charge is 2.49. The maximum atomic E-state index is 13.4. The highest BCUT2D eigenvalue weighted by molar-refractivity contribution is 6.23. The van der Waals surface area contributed by atoms with Gasteiger partial charge in [-0.25, -0.2) is 14.6 Å². The van der Waals surface area contributed by atoms with Gasteiger partial charge < -0.3 is 20.3 Å². The Hall–Kier alpha value is -6.15. The number of anilines is 2. The van der Waals surface area contributed by atoms with Crippen LogP contribution in [0, 0.1) is 5.41 Å². The van der Waals surface area contributed by atoms with Crippen LogP contribution < -0.4 is 20.7 Å². The number of nitrogens with one attached hydrogen (secondary N) is 1. The molecule has 0 radical (unpaired) electrons. The number of aromatic nitrogens is 4. The van der Waals surface area contributed by atoms with E-state index in [2.05, 4.69) is 29.8 Å².